The number of nitrogens with one attached hydrogen (secondary N) is 2. The summed E-state index contributed by atoms with van der Waals surface area (Å²) < 4.78 is 16.2. The molecule has 2 amide bonds. The van der Waals surface area contributed by atoms with Gasteiger partial charge < -0.3 is 24.5 Å². The van der Waals surface area contributed by atoms with Gasteiger partial charge >= 0.3 is 0 Å². The maximum Gasteiger partial charge on any atom is 0.265 e. The summed E-state index contributed by atoms with van der Waals surface area (Å²) in [5, 5.41) is 5.59. The highest BCUT2D eigenvalue weighted by atomic mass is 16.5. The minimum Gasteiger partial charge on any atom is -0.497 e. The van der Waals surface area contributed by atoms with E-state index in [-0.39, 0.29) is 18.4 Å². The molecule has 3 aromatic rings. The topological polar surface area (TPSA) is 89.8 Å². The molecule has 2 aromatic carbocycles. The summed E-state index contributed by atoms with van der Waals surface area (Å²) >= 11 is 0. The van der Waals surface area contributed by atoms with Crippen LogP contribution >= 0.6 is 0 Å². The fourth-order valence-electron chi connectivity index (χ4n) is 2.84. The van der Waals surface area contributed by atoms with Crippen molar-refractivity contribution in [3.8, 4) is 11.5 Å². The fraction of sp³-hybridized carbons (Fsp3) is 0.217. The zero-order valence-electron chi connectivity index (χ0n) is 16.9. The number of benzene rings is 2. The van der Waals surface area contributed by atoms with Gasteiger partial charge in [-0.25, -0.2) is 0 Å². The van der Waals surface area contributed by atoms with E-state index in [4.69, 9.17) is 13.9 Å². The molecular formula is C23H24N2O5. The van der Waals surface area contributed by atoms with E-state index in [9.17, 15) is 9.59 Å². The average Bonchev–Trinajstić information content (AvgIpc) is 3.30. The molecule has 1 aromatic heterocycles. The van der Waals surface area contributed by atoms with Crippen LogP contribution in [0.15, 0.2) is 71.3 Å². The molecule has 0 aliphatic rings. The van der Waals surface area contributed by atoms with E-state index < -0.39 is 6.10 Å². The molecule has 1 heterocycles. The molecule has 3 rings (SSSR count). The van der Waals surface area contributed by atoms with Crippen LogP contribution in [0.1, 0.15) is 29.5 Å². The first-order valence-electron chi connectivity index (χ1n) is 9.62. The van der Waals surface area contributed by atoms with Crippen molar-refractivity contribution in [1.82, 2.24) is 5.32 Å². The molecule has 1 atom stereocenters. The minimum atomic E-state index is -0.726. The second-order valence-electron chi connectivity index (χ2n) is 6.49. The first-order valence-corrected chi connectivity index (χ1v) is 9.62. The van der Waals surface area contributed by atoms with E-state index in [0.29, 0.717) is 34.9 Å². The van der Waals surface area contributed by atoms with Gasteiger partial charge in [-0.1, -0.05) is 25.1 Å². The van der Waals surface area contributed by atoms with Gasteiger partial charge in [-0.2, -0.15) is 0 Å². The van der Waals surface area contributed by atoms with Crippen molar-refractivity contribution in [3.05, 3.63) is 78.3 Å². The Morgan fingerprint density at radius 1 is 1.03 bits per heavy atom. The summed E-state index contributed by atoms with van der Waals surface area (Å²) in [6, 6.07) is 17.4. The normalized spacial score (nSPS) is 11.4. The van der Waals surface area contributed by atoms with Gasteiger partial charge in [0, 0.05) is 6.07 Å². The molecule has 0 aliphatic carbocycles. The van der Waals surface area contributed by atoms with Crippen molar-refractivity contribution < 1.29 is 23.5 Å². The lowest BCUT2D eigenvalue weighted by Crippen LogP contribution is -2.33. The van der Waals surface area contributed by atoms with Gasteiger partial charge in [-0.05, 0) is 42.8 Å². The number of amides is 2. The molecule has 0 saturated heterocycles. The van der Waals surface area contributed by atoms with Gasteiger partial charge in [0.25, 0.3) is 11.8 Å². The number of hydrogen-bond acceptors (Lipinski definition) is 5. The number of methoxy groups -OCH3 is 1. The SMILES string of the molecule is CC[C@H](Oc1cccc(OC)c1)C(=O)Nc1ccccc1C(=O)NCc1ccco1. The van der Waals surface area contributed by atoms with Crippen molar-refractivity contribution in [1.29, 1.82) is 0 Å². The quantitative estimate of drug-likeness (QED) is 0.558. The molecule has 7 nitrogen and oxygen atoms in total. The predicted octanol–water partition coefficient (Wildman–Crippen LogP) is 4.01. The van der Waals surface area contributed by atoms with Crippen LogP contribution in [-0.4, -0.2) is 25.0 Å². The molecule has 0 spiro atoms. The molecule has 0 bridgehead atoms. The van der Waals surface area contributed by atoms with Crippen LogP contribution < -0.4 is 20.1 Å². The number of carbonyl (C=O) groups is 2. The highest BCUT2D eigenvalue weighted by molar-refractivity contribution is 6.04. The molecule has 0 unspecified atom stereocenters. The standard InChI is InChI=1S/C23H24N2O5/c1-3-21(30-17-9-6-8-16(14-17)28-2)23(27)25-20-12-5-4-11-19(20)22(26)24-15-18-10-7-13-29-18/h4-14,21H,3,15H2,1-2H3,(H,24,26)(H,25,27)/t21-/m0/s1. The van der Waals surface area contributed by atoms with Crippen LogP contribution in [-0.2, 0) is 11.3 Å². The van der Waals surface area contributed by atoms with E-state index in [1.54, 1.807) is 74.0 Å². The van der Waals surface area contributed by atoms with Crippen molar-refractivity contribution in [2.75, 3.05) is 12.4 Å². The smallest absolute Gasteiger partial charge is 0.265 e. The van der Waals surface area contributed by atoms with Gasteiger partial charge in [0.15, 0.2) is 6.10 Å². The number of furan rings is 1. The molecule has 7 heteroatoms. The third kappa shape index (κ3) is 5.41. The third-order valence-electron chi connectivity index (χ3n) is 4.42. The zero-order chi connectivity index (χ0) is 21.3. The van der Waals surface area contributed by atoms with Gasteiger partial charge in [0.05, 0.1) is 31.2 Å². The summed E-state index contributed by atoms with van der Waals surface area (Å²) in [6.45, 7) is 2.11. The number of hydrogen-bond donors (Lipinski definition) is 2. The number of ether oxygens (including phenoxy) is 2. The van der Waals surface area contributed by atoms with Crippen LogP contribution in [0.3, 0.4) is 0 Å². The highest BCUT2D eigenvalue weighted by Crippen LogP contribution is 2.22. The first-order chi connectivity index (χ1) is 14.6. The molecular weight excluding hydrogens is 384 g/mol. The van der Waals surface area contributed by atoms with Crippen LogP contribution in [0.5, 0.6) is 11.5 Å². The monoisotopic (exact) mass is 408 g/mol. The van der Waals surface area contributed by atoms with Crippen LogP contribution in [0, 0.1) is 0 Å². The van der Waals surface area contributed by atoms with E-state index >= 15 is 0 Å². The van der Waals surface area contributed by atoms with Crippen molar-refractivity contribution in [2.45, 2.75) is 26.0 Å². The highest BCUT2D eigenvalue weighted by Gasteiger charge is 2.21. The largest absolute Gasteiger partial charge is 0.497 e. The lowest BCUT2D eigenvalue weighted by molar-refractivity contribution is -0.122. The number of carbonyl (C=O) groups excluding carboxylic acids is 2. The van der Waals surface area contributed by atoms with Crippen molar-refractivity contribution in [3.63, 3.8) is 0 Å². The number of anilines is 1. The van der Waals surface area contributed by atoms with E-state index in [1.807, 2.05) is 6.92 Å². The van der Waals surface area contributed by atoms with Gasteiger partial charge in [0.2, 0.25) is 0 Å². The fourth-order valence-corrected chi connectivity index (χ4v) is 2.84. The lowest BCUT2D eigenvalue weighted by atomic mass is 10.1. The molecule has 30 heavy (non-hydrogen) atoms. The Hall–Kier alpha value is -3.74. The predicted molar refractivity (Wildman–Crippen MR) is 113 cm³/mol. The van der Waals surface area contributed by atoms with Crippen molar-refractivity contribution >= 4 is 17.5 Å². The van der Waals surface area contributed by atoms with Crippen molar-refractivity contribution in [2.24, 2.45) is 0 Å². The maximum absolute atomic E-state index is 12.8. The molecule has 0 aliphatic heterocycles. The second-order valence-corrected chi connectivity index (χ2v) is 6.49. The Morgan fingerprint density at radius 2 is 1.83 bits per heavy atom. The van der Waals surface area contributed by atoms with Crippen LogP contribution in [0.25, 0.3) is 0 Å². The van der Waals surface area contributed by atoms with Gasteiger partial charge in [0.1, 0.15) is 17.3 Å². The average molecular weight is 408 g/mol. The Balaban J connectivity index is 1.68. The van der Waals surface area contributed by atoms with Gasteiger partial charge in [-0.3, -0.25) is 9.59 Å². The van der Waals surface area contributed by atoms with Crippen LogP contribution in [0.2, 0.25) is 0 Å². The Bertz CT molecular complexity index is 985. The Morgan fingerprint density at radius 3 is 2.57 bits per heavy atom. The number of para-hydroxylation sites is 1. The maximum atomic E-state index is 12.8. The molecule has 0 fully saturated rings. The van der Waals surface area contributed by atoms with Crippen LogP contribution in [0.4, 0.5) is 5.69 Å². The third-order valence-corrected chi connectivity index (χ3v) is 4.42. The zero-order valence-corrected chi connectivity index (χ0v) is 16.9. The first kappa shape index (κ1) is 21.0. The van der Waals surface area contributed by atoms with E-state index in [0.717, 1.165) is 0 Å². The Labute approximate surface area is 175 Å². The second kappa shape index (κ2) is 10.2. The van der Waals surface area contributed by atoms with Gasteiger partial charge in [-0.15, -0.1) is 0 Å². The Kier molecular flexibility index (Phi) is 7.10. The number of rotatable bonds is 9. The summed E-state index contributed by atoms with van der Waals surface area (Å²) in [7, 11) is 1.57. The van der Waals surface area contributed by atoms with E-state index in [2.05, 4.69) is 10.6 Å². The summed E-state index contributed by atoms with van der Waals surface area (Å²) in [5.41, 5.74) is 0.765. The summed E-state index contributed by atoms with van der Waals surface area (Å²) in [5.74, 6) is 1.15. The molecule has 2 N–H and O–H groups in total. The summed E-state index contributed by atoms with van der Waals surface area (Å²) in [4.78, 5) is 25.4. The molecule has 0 saturated carbocycles. The minimum absolute atomic E-state index is 0.255. The molecule has 156 valence electrons. The lowest BCUT2D eigenvalue weighted by Gasteiger charge is -2.19. The molecule has 0 radical (unpaired) electrons. The summed E-state index contributed by atoms with van der Waals surface area (Å²) in [6.07, 6.45) is 1.27. The van der Waals surface area contributed by atoms with E-state index in [1.165, 1.54) is 0 Å².